The third-order valence-corrected chi connectivity index (χ3v) is 7.22. The molecule has 1 aromatic carbocycles. The van der Waals surface area contributed by atoms with E-state index in [1.807, 2.05) is 20.9 Å². The lowest BCUT2D eigenvalue weighted by molar-refractivity contribution is -0.127. The van der Waals surface area contributed by atoms with Crippen molar-refractivity contribution >= 4 is 33.6 Å². The van der Waals surface area contributed by atoms with Gasteiger partial charge in [0.1, 0.15) is 5.82 Å². The summed E-state index contributed by atoms with van der Waals surface area (Å²) in [6.07, 6.45) is 3.23. The molecule has 29 heavy (non-hydrogen) atoms. The molecule has 0 bridgehead atoms. The van der Waals surface area contributed by atoms with E-state index >= 15 is 0 Å². The van der Waals surface area contributed by atoms with E-state index in [2.05, 4.69) is 5.10 Å². The number of nitrogens with zero attached hydrogens (tertiary/aromatic N) is 4. The van der Waals surface area contributed by atoms with Crippen LogP contribution in [0.15, 0.2) is 29.2 Å². The first-order valence-electron chi connectivity index (χ1n) is 9.03. The maximum absolute atomic E-state index is 13.3. The van der Waals surface area contributed by atoms with Gasteiger partial charge in [-0.1, -0.05) is 11.6 Å². The van der Waals surface area contributed by atoms with Crippen molar-refractivity contribution in [1.82, 2.24) is 19.0 Å². The summed E-state index contributed by atoms with van der Waals surface area (Å²) < 4.78 is 41.8. The second kappa shape index (κ2) is 8.25. The third kappa shape index (κ3) is 4.36. The Hall–Kier alpha value is -2.23. The molecule has 2 aromatic rings. The van der Waals surface area contributed by atoms with E-state index in [4.69, 9.17) is 11.6 Å². The van der Waals surface area contributed by atoms with E-state index in [1.165, 1.54) is 16.4 Å². The summed E-state index contributed by atoms with van der Waals surface area (Å²) in [5.41, 5.74) is 2.69. The van der Waals surface area contributed by atoms with Gasteiger partial charge in [0.25, 0.3) is 0 Å². The molecule has 0 spiro atoms. The molecule has 1 aromatic heterocycles. The monoisotopic (exact) mass is 440 g/mol. The van der Waals surface area contributed by atoms with Crippen molar-refractivity contribution in [1.29, 1.82) is 0 Å². The third-order valence-electron chi connectivity index (χ3n) is 5.04. The summed E-state index contributed by atoms with van der Waals surface area (Å²) in [6, 6.07) is 3.32. The average Bonchev–Trinajstić information content (AvgIpc) is 2.93. The van der Waals surface area contributed by atoms with E-state index in [9.17, 15) is 17.6 Å². The molecule has 10 heteroatoms. The fourth-order valence-electron chi connectivity index (χ4n) is 3.23. The highest BCUT2D eigenvalue weighted by atomic mass is 35.5. The molecular weight excluding hydrogens is 419 g/mol. The Labute approximate surface area is 174 Å². The second-order valence-corrected chi connectivity index (χ2v) is 9.19. The molecule has 0 atom stereocenters. The van der Waals surface area contributed by atoms with E-state index in [-0.39, 0.29) is 42.0 Å². The van der Waals surface area contributed by atoms with Gasteiger partial charge in [0.2, 0.25) is 15.9 Å². The Kier molecular flexibility index (Phi) is 6.11. The number of piperazine rings is 1. The van der Waals surface area contributed by atoms with Crippen molar-refractivity contribution in [3.63, 3.8) is 0 Å². The number of aryl methyl sites for hydroxylation is 2. The molecule has 156 valence electrons. The van der Waals surface area contributed by atoms with Crippen LogP contribution in [-0.4, -0.2) is 59.5 Å². The summed E-state index contributed by atoms with van der Waals surface area (Å²) >= 11 is 5.71. The zero-order valence-corrected chi connectivity index (χ0v) is 18.0. The minimum atomic E-state index is -3.80. The van der Waals surface area contributed by atoms with Gasteiger partial charge in [-0.15, -0.1) is 0 Å². The topological polar surface area (TPSA) is 75.5 Å². The van der Waals surface area contributed by atoms with Crippen LogP contribution in [-0.2, 0) is 21.9 Å². The fourth-order valence-corrected chi connectivity index (χ4v) is 4.92. The fraction of sp³-hybridized carbons (Fsp3) is 0.368. The molecular formula is C19H22ClFN4O3S. The van der Waals surface area contributed by atoms with Crippen LogP contribution in [0.25, 0.3) is 6.08 Å². The van der Waals surface area contributed by atoms with Crippen molar-refractivity contribution in [3.05, 3.63) is 52.1 Å². The Morgan fingerprint density at radius 2 is 1.86 bits per heavy atom. The number of rotatable bonds is 4. The highest BCUT2D eigenvalue weighted by Gasteiger charge is 2.30. The molecule has 1 aliphatic rings. The normalized spacial score (nSPS) is 16.0. The standard InChI is InChI=1S/C19H22ClFN4O3S/c1-13-16(14(2)23(3)22-13)5-7-19(26)24-8-10-25(11-9-24)29(27,28)15-4-6-18(21)17(20)12-15/h4-7,12H,8-11H2,1-3H3. The molecule has 2 heterocycles. The molecule has 0 N–H and O–H groups in total. The van der Waals surface area contributed by atoms with Gasteiger partial charge >= 0.3 is 0 Å². The molecule has 0 aliphatic carbocycles. The molecule has 1 saturated heterocycles. The van der Waals surface area contributed by atoms with Gasteiger partial charge in [0, 0.05) is 50.6 Å². The van der Waals surface area contributed by atoms with Crippen molar-refractivity contribution in [2.24, 2.45) is 7.05 Å². The van der Waals surface area contributed by atoms with Crippen molar-refractivity contribution in [2.75, 3.05) is 26.2 Å². The summed E-state index contributed by atoms with van der Waals surface area (Å²) in [5, 5.41) is 4.07. The lowest BCUT2D eigenvalue weighted by atomic mass is 10.2. The van der Waals surface area contributed by atoms with Crippen LogP contribution in [0.3, 0.4) is 0 Å². The molecule has 0 radical (unpaired) electrons. The van der Waals surface area contributed by atoms with Gasteiger partial charge in [-0.3, -0.25) is 9.48 Å². The van der Waals surface area contributed by atoms with E-state index in [1.54, 1.807) is 15.7 Å². The minimum absolute atomic E-state index is 0.0638. The Morgan fingerprint density at radius 1 is 1.21 bits per heavy atom. The number of amides is 1. The van der Waals surface area contributed by atoms with Crippen LogP contribution in [0, 0.1) is 19.7 Å². The predicted molar refractivity (Wildman–Crippen MR) is 108 cm³/mol. The maximum Gasteiger partial charge on any atom is 0.246 e. The number of hydrogen-bond acceptors (Lipinski definition) is 4. The van der Waals surface area contributed by atoms with Crippen LogP contribution in [0.2, 0.25) is 5.02 Å². The molecule has 7 nitrogen and oxygen atoms in total. The summed E-state index contributed by atoms with van der Waals surface area (Å²) in [6.45, 7) is 4.65. The highest BCUT2D eigenvalue weighted by Crippen LogP contribution is 2.23. The quantitative estimate of drug-likeness (QED) is 0.684. The van der Waals surface area contributed by atoms with Gasteiger partial charge < -0.3 is 4.90 Å². The van der Waals surface area contributed by atoms with Crippen LogP contribution in [0.5, 0.6) is 0 Å². The van der Waals surface area contributed by atoms with Crippen molar-refractivity contribution in [3.8, 4) is 0 Å². The molecule has 0 unspecified atom stereocenters. The molecule has 0 saturated carbocycles. The SMILES string of the molecule is Cc1nn(C)c(C)c1C=CC(=O)N1CCN(S(=O)(=O)c2ccc(F)c(Cl)c2)CC1. The lowest BCUT2D eigenvalue weighted by Crippen LogP contribution is -2.50. The van der Waals surface area contributed by atoms with Gasteiger partial charge in [0.05, 0.1) is 15.6 Å². The van der Waals surface area contributed by atoms with Crippen LogP contribution < -0.4 is 0 Å². The predicted octanol–water partition coefficient (Wildman–Crippen LogP) is 2.38. The average molecular weight is 441 g/mol. The second-order valence-electron chi connectivity index (χ2n) is 6.85. The minimum Gasteiger partial charge on any atom is -0.337 e. The first kappa shape index (κ1) is 21.5. The van der Waals surface area contributed by atoms with Crippen molar-refractivity contribution < 1.29 is 17.6 Å². The van der Waals surface area contributed by atoms with E-state index < -0.39 is 15.8 Å². The smallest absolute Gasteiger partial charge is 0.246 e. The van der Waals surface area contributed by atoms with Gasteiger partial charge in [-0.2, -0.15) is 9.40 Å². The van der Waals surface area contributed by atoms with Gasteiger partial charge in [-0.25, -0.2) is 12.8 Å². The maximum atomic E-state index is 13.3. The lowest BCUT2D eigenvalue weighted by Gasteiger charge is -2.33. The molecule has 1 amide bonds. The highest BCUT2D eigenvalue weighted by molar-refractivity contribution is 7.89. The van der Waals surface area contributed by atoms with E-state index in [0.717, 1.165) is 29.1 Å². The Balaban J connectivity index is 1.66. The zero-order valence-electron chi connectivity index (χ0n) is 16.4. The molecule has 1 fully saturated rings. The molecule has 1 aliphatic heterocycles. The van der Waals surface area contributed by atoms with Gasteiger partial charge in [-0.05, 0) is 38.1 Å². The summed E-state index contributed by atoms with van der Waals surface area (Å²) in [7, 11) is -1.96. The van der Waals surface area contributed by atoms with E-state index in [0.29, 0.717) is 0 Å². The Bertz CT molecular complexity index is 1070. The first-order valence-corrected chi connectivity index (χ1v) is 10.9. The van der Waals surface area contributed by atoms with Gasteiger partial charge in [0.15, 0.2) is 0 Å². The number of carbonyl (C=O) groups is 1. The number of aromatic nitrogens is 2. The number of hydrogen-bond donors (Lipinski definition) is 0. The Morgan fingerprint density at radius 3 is 2.41 bits per heavy atom. The summed E-state index contributed by atoms with van der Waals surface area (Å²) in [4.78, 5) is 14.0. The number of halogens is 2. The van der Waals surface area contributed by atoms with Crippen LogP contribution in [0.1, 0.15) is 17.0 Å². The number of sulfonamides is 1. The van der Waals surface area contributed by atoms with Crippen LogP contribution in [0.4, 0.5) is 4.39 Å². The van der Waals surface area contributed by atoms with Crippen molar-refractivity contribution in [2.45, 2.75) is 18.7 Å². The summed E-state index contributed by atoms with van der Waals surface area (Å²) in [5.74, 6) is -0.860. The van der Waals surface area contributed by atoms with Crippen LogP contribution >= 0.6 is 11.6 Å². The number of carbonyl (C=O) groups excluding carboxylic acids is 1. The first-order chi connectivity index (χ1) is 13.6. The zero-order chi connectivity index (χ0) is 21.3. The number of benzene rings is 1. The molecule has 3 rings (SSSR count). The largest absolute Gasteiger partial charge is 0.337 e.